The molecule has 2 rings (SSSR count). The Balaban J connectivity index is 2.39. The fourth-order valence-corrected chi connectivity index (χ4v) is 2.92. The molecule has 20 heavy (non-hydrogen) atoms. The zero-order chi connectivity index (χ0) is 14.8. The second-order valence-electron chi connectivity index (χ2n) is 4.11. The van der Waals surface area contributed by atoms with Gasteiger partial charge in [0.25, 0.3) is 0 Å². The van der Waals surface area contributed by atoms with Gasteiger partial charge in [0.1, 0.15) is 5.01 Å². The van der Waals surface area contributed by atoms with Gasteiger partial charge in [0.05, 0.1) is 11.3 Å². The third-order valence-electron chi connectivity index (χ3n) is 2.63. The maximum atomic E-state index is 13.1. The standard InChI is InChI=1S/C13H12BrF3N2S/c1-2-18-6-9-7-20-12(19-9)10-4-3-8(14)5-11(10)13(15,16)17/h3-5,7,18H,2,6H2,1H3. The third kappa shape index (κ3) is 3.59. The van der Waals surface area contributed by atoms with Crippen LogP contribution in [0, 0.1) is 0 Å². The highest BCUT2D eigenvalue weighted by Gasteiger charge is 2.34. The quantitative estimate of drug-likeness (QED) is 0.850. The van der Waals surface area contributed by atoms with E-state index in [0.29, 0.717) is 16.0 Å². The lowest BCUT2D eigenvalue weighted by Crippen LogP contribution is -2.12. The van der Waals surface area contributed by atoms with Crippen molar-refractivity contribution in [2.75, 3.05) is 6.54 Å². The monoisotopic (exact) mass is 364 g/mol. The summed E-state index contributed by atoms with van der Waals surface area (Å²) in [6.07, 6.45) is -4.40. The Morgan fingerprint density at radius 3 is 2.75 bits per heavy atom. The average molecular weight is 365 g/mol. The number of rotatable bonds is 4. The molecule has 108 valence electrons. The minimum Gasteiger partial charge on any atom is -0.311 e. The van der Waals surface area contributed by atoms with E-state index in [1.807, 2.05) is 6.92 Å². The maximum absolute atomic E-state index is 13.1. The largest absolute Gasteiger partial charge is 0.417 e. The van der Waals surface area contributed by atoms with Gasteiger partial charge in [-0.15, -0.1) is 11.3 Å². The minimum atomic E-state index is -4.40. The fourth-order valence-electron chi connectivity index (χ4n) is 1.70. The van der Waals surface area contributed by atoms with Gasteiger partial charge in [0.2, 0.25) is 0 Å². The summed E-state index contributed by atoms with van der Waals surface area (Å²) in [5.41, 5.74) is 0.201. The molecule has 0 amide bonds. The number of nitrogens with one attached hydrogen (secondary N) is 1. The summed E-state index contributed by atoms with van der Waals surface area (Å²) < 4.78 is 39.6. The molecular formula is C13H12BrF3N2S. The van der Waals surface area contributed by atoms with Gasteiger partial charge >= 0.3 is 6.18 Å². The van der Waals surface area contributed by atoms with Gasteiger partial charge in [0, 0.05) is 22.0 Å². The molecule has 0 aliphatic carbocycles. The summed E-state index contributed by atoms with van der Waals surface area (Å²) in [5.74, 6) is 0. The highest BCUT2D eigenvalue weighted by atomic mass is 79.9. The molecule has 0 saturated carbocycles. The first kappa shape index (κ1) is 15.5. The van der Waals surface area contributed by atoms with Crippen LogP contribution in [0.4, 0.5) is 13.2 Å². The van der Waals surface area contributed by atoms with Crippen molar-refractivity contribution in [3.63, 3.8) is 0 Å². The first-order valence-electron chi connectivity index (χ1n) is 5.94. The van der Waals surface area contributed by atoms with Gasteiger partial charge in [-0.25, -0.2) is 4.98 Å². The van der Waals surface area contributed by atoms with Crippen molar-refractivity contribution >= 4 is 27.3 Å². The normalized spacial score (nSPS) is 11.8. The van der Waals surface area contributed by atoms with Gasteiger partial charge in [0.15, 0.2) is 0 Å². The number of hydrogen-bond donors (Lipinski definition) is 1. The van der Waals surface area contributed by atoms with E-state index >= 15 is 0 Å². The topological polar surface area (TPSA) is 24.9 Å². The van der Waals surface area contributed by atoms with E-state index in [2.05, 4.69) is 26.2 Å². The van der Waals surface area contributed by atoms with Crippen molar-refractivity contribution < 1.29 is 13.2 Å². The van der Waals surface area contributed by atoms with Crippen molar-refractivity contribution in [1.82, 2.24) is 10.3 Å². The molecule has 1 N–H and O–H groups in total. The molecular weight excluding hydrogens is 353 g/mol. The predicted octanol–water partition coefficient (Wildman–Crippen LogP) is 4.70. The maximum Gasteiger partial charge on any atom is 0.417 e. The van der Waals surface area contributed by atoms with Crippen LogP contribution >= 0.6 is 27.3 Å². The SMILES string of the molecule is CCNCc1csc(-c2ccc(Br)cc2C(F)(F)F)n1. The summed E-state index contributed by atoms with van der Waals surface area (Å²) >= 11 is 4.30. The Kier molecular flexibility index (Phi) is 4.82. The van der Waals surface area contributed by atoms with Crippen LogP contribution in [0.25, 0.3) is 10.6 Å². The summed E-state index contributed by atoms with van der Waals surface area (Å²) in [5, 5.41) is 5.26. The van der Waals surface area contributed by atoms with Crippen LogP contribution in [-0.4, -0.2) is 11.5 Å². The Bertz CT molecular complexity index is 596. The molecule has 0 aliphatic heterocycles. The lowest BCUT2D eigenvalue weighted by atomic mass is 10.1. The number of hydrogen-bond acceptors (Lipinski definition) is 3. The molecule has 1 heterocycles. The molecule has 0 spiro atoms. The lowest BCUT2D eigenvalue weighted by molar-refractivity contribution is -0.137. The van der Waals surface area contributed by atoms with E-state index in [0.717, 1.165) is 18.3 Å². The van der Waals surface area contributed by atoms with Crippen molar-refractivity contribution in [3.05, 3.63) is 39.3 Å². The summed E-state index contributed by atoms with van der Waals surface area (Å²) in [6, 6.07) is 4.12. The van der Waals surface area contributed by atoms with Crippen molar-refractivity contribution in [2.24, 2.45) is 0 Å². The Morgan fingerprint density at radius 1 is 1.35 bits per heavy atom. The summed E-state index contributed by atoms with van der Waals surface area (Å²) in [7, 11) is 0. The van der Waals surface area contributed by atoms with Gasteiger partial charge < -0.3 is 5.32 Å². The molecule has 0 unspecified atom stereocenters. The van der Waals surface area contributed by atoms with Crippen molar-refractivity contribution in [2.45, 2.75) is 19.6 Å². The van der Waals surface area contributed by atoms with Crippen LogP contribution in [0.15, 0.2) is 28.1 Å². The van der Waals surface area contributed by atoms with Crippen LogP contribution in [0.3, 0.4) is 0 Å². The highest BCUT2D eigenvalue weighted by molar-refractivity contribution is 9.10. The molecule has 0 atom stereocenters. The number of alkyl halides is 3. The molecule has 2 nitrogen and oxygen atoms in total. The summed E-state index contributed by atoms with van der Waals surface area (Å²) in [4.78, 5) is 4.26. The molecule has 0 radical (unpaired) electrons. The molecule has 2 aromatic rings. The number of halogens is 4. The summed E-state index contributed by atoms with van der Waals surface area (Å²) in [6.45, 7) is 3.31. The van der Waals surface area contributed by atoms with Crippen LogP contribution in [0.1, 0.15) is 18.2 Å². The second kappa shape index (κ2) is 6.24. The number of benzene rings is 1. The van der Waals surface area contributed by atoms with E-state index in [1.165, 1.54) is 17.4 Å². The van der Waals surface area contributed by atoms with Crippen LogP contribution < -0.4 is 5.32 Å². The lowest BCUT2D eigenvalue weighted by Gasteiger charge is -2.11. The van der Waals surface area contributed by atoms with Crippen LogP contribution in [-0.2, 0) is 12.7 Å². The first-order chi connectivity index (χ1) is 9.41. The molecule has 7 heteroatoms. The molecule has 1 aromatic heterocycles. The molecule has 0 fully saturated rings. The minimum absolute atomic E-state index is 0.119. The van der Waals surface area contributed by atoms with Crippen molar-refractivity contribution in [3.8, 4) is 10.6 Å². The van der Waals surface area contributed by atoms with Crippen molar-refractivity contribution in [1.29, 1.82) is 0 Å². The first-order valence-corrected chi connectivity index (χ1v) is 7.61. The van der Waals surface area contributed by atoms with Gasteiger partial charge in [-0.05, 0) is 18.7 Å². The molecule has 0 bridgehead atoms. The number of nitrogens with zero attached hydrogens (tertiary/aromatic N) is 1. The molecule has 1 aromatic carbocycles. The predicted molar refractivity (Wildman–Crippen MR) is 77.6 cm³/mol. The highest BCUT2D eigenvalue weighted by Crippen LogP contribution is 2.39. The zero-order valence-corrected chi connectivity index (χ0v) is 13.0. The number of aromatic nitrogens is 1. The average Bonchev–Trinajstić information content (AvgIpc) is 2.84. The van der Waals surface area contributed by atoms with Gasteiger partial charge in [-0.2, -0.15) is 13.2 Å². The van der Waals surface area contributed by atoms with E-state index < -0.39 is 11.7 Å². The van der Waals surface area contributed by atoms with E-state index in [-0.39, 0.29) is 5.56 Å². The third-order valence-corrected chi connectivity index (χ3v) is 4.04. The fraction of sp³-hybridized carbons (Fsp3) is 0.308. The number of thiazole rings is 1. The Hall–Kier alpha value is -0.920. The smallest absolute Gasteiger partial charge is 0.311 e. The Labute approximate surface area is 127 Å². The second-order valence-corrected chi connectivity index (χ2v) is 5.89. The zero-order valence-electron chi connectivity index (χ0n) is 10.6. The van der Waals surface area contributed by atoms with Crippen LogP contribution in [0.2, 0.25) is 0 Å². The van der Waals surface area contributed by atoms with E-state index in [9.17, 15) is 13.2 Å². The van der Waals surface area contributed by atoms with E-state index in [1.54, 1.807) is 11.4 Å². The molecule has 0 saturated heterocycles. The van der Waals surface area contributed by atoms with Crippen LogP contribution in [0.5, 0.6) is 0 Å². The van der Waals surface area contributed by atoms with Gasteiger partial charge in [-0.1, -0.05) is 28.9 Å². The Morgan fingerprint density at radius 2 is 2.10 bits per heavy atom. The van der Waals surface area contributed by atoms with E-state index in [4.69, 9.17) is 0 Å². The van der Waals surface area contributed by atoms with Gasteiger partial charge in [-0.3, -0.25) is 0 Å². The molecule has 0 aliphatic rings.